The molecule has 0 fully saturated rings. The van der Waals surface area contributed by atoms with Crippen LogP contribution in [0.25, 0.3) is 28.9 Å². The van der Waals surface area contributed by atoms with E-state index in [0.717, 1.165) is 37.7 Å². The van der Waals surface area contributed by atoms with E-state index in [4.69, 9.17) is 0 Å². The molecule has 348 valence electrons. The molecule has 0 amide bonds. The Bertz CT molecular complexity index is 1810. The molecule has 1 aliphatic carbocycles. The third-order valence-electron chi connectivity index (χ3n) is 15.4. The summed E-state index contributed by atoms with van der Waals surface area (Å²) in [6.45, 7) is 18.8. The van der Waals surface area contributed by atoms with E-state index in [1.165, 1.54) is 211 Å². The number of thiophene rings is 4. The number of ketones is 1. The molecule has 1 nitrogen and oxygen atoms in total. The van der Waals surface area contributed by atoms with Crippen molar-refractivity contribution in [1.29, 1.82) is 0 Å². The highest BCUT2D eigenvalue weighted by Gasteiger charge is 2.48. The molecule has 4 aromatic heterocycles. The Kier molecular flexibility index (Phi) is 21.8. The minimum Gasteiger partial charge on any atom is -0.293 e. The van der Waals surface area contributed by atoms with Crippen LogP contribution in [0.3, 0.4) is 0 Å². The molecule has 0 saturated carbocycles. The Balaban J connectivity index is 1.33. The van der Waals surface area contributed by atoms with Crippen molar-refractivity contribution in [1.82, 2.24) is 0 Å². The lowest BCUT2D eigenvalue weighted by Gasteiger charge is -2.36. The number of fused-ring (bicyclic) bond motifs is 4. The van der Waals surface area contributed by atoms with Crippen molar-refractivity contribution < 1.29 is 4.79 Å². The third-order valence-corrected chi connectivity index (χ3v) is 21.0. The van der Waals surface area contributed by atoms with E-state index >= 15 is 4.79 Å². The number of hydrogen-bond donors (Lipinski definition) is 0. The van der Waals surface area contributed by atoms with Gasteiger partial charge in [0.05, 0.1) is 10.3 Å². The zero-order valence-corrected chi connectivity index (χ0v) is 44.5. The molecule has 0 radical (unpaired) electrons. The van der Waals surface area contributed by atoms with Crippen LogP contribution in [0.2, 0.25) is 0 Å². The second-order valence-electron chi connectivity index (χ2n) is 20.6. The monoisotopic (exact) mass is 919 g/mol. The summed E-state index contributed by atoms with van der Waals surface area (Å²) in [6.07, 6.45) is 40.8. The minimum absolute atomic E-state index is 0.0661. The lowest BCUT2D eigenvalue weighted by molar-refractivity contribution is 0.0855. The number of rotatable bonds is 34. The molecule has 0 atom stereocenters. The predicted octanol–water partition coefficient (Wildman–Crippen LogP) is 21.6. The van der Waals surface area contributed by atoms with Crippen LogP contribution in [0, 0.1) is 0 Å². The van der Waals surface area contributed by atoms with Crippen molar-refractivity contribution in [3.8, 4) is 19.5 Å². The van der Waals surface area contributed by atoms with Crippen molar-refractivity contribution in [2.24, 2.45) is 0 Å². The first-order chi connectivity index (χ1) is 30.1. The van der Waals surface area contributed by atoms with Crippen molar-refractivity contribution in [3.63, 3.8) is 0 Å². The van der Waals surface area contributed by atoms with E-state index in [-0.39, 0.29) is 10.8 Å². The molecule has 5 rings (SSSR count). The molecule has 62 heavy (non-hydrogen) atoms. The van der Waals surface area contributed by atoms with Gasteiger partial charge in [0.25, 0.3) is 0 Å². The molecule has 0 saturated heterocycles. The number of hydrogen-bond acceptors (Lipinski definition) is 5. The van der Waals surface area contributed by atoms with E-state index in [0.29, 0.717) is 5.78 Å². The minimum atomic E-state index is -0.410. The molecular weight excluding hydrogens is 829 g/mol. The largest absolute Gasteiger partial charge is 0.293 e. The smallest absolute Gasteiger partial charge is 0.174 e. The van der Waals surface area contributed by atoms with E-state index in [1.54, 1.807) is 0 Å². The summed E-state index contributed by atoms with van der Waals surface area (Å²) >= 11 is 7.93. The normalized spacial score (nSPS) is 14.0. The molecule has 4 heterocycles. The quantitative estimate of drug-likeness (QED) is 0.0427. The molecule has 0 spiro atoms. The maximum Gasteiger partial charge on any atom is 0.174 e. The van der Waals surface area contributed by atoms with Crippen LogP contribution >= 0.6 is 45.3 Å². The van der Waals surface area contributed by atoms with E-state index in [9.17, 15) is 0 Å². The van der Waals surface area contributed by atoms with Gasteiger partial charge >= 0.3 is 0 Å². The average molecular weight is 920 g/mol. The second kappa shape index (κ2) is 26.2. The molecule has 4 aromatic rings. The SMILES string of the molecule is CCCCCCCCCCCCCCCC1(CCCCCCCCCCCCCCC)C(=O)c2cc(C(C)(C)CC)sc2-c2sc(-c3cc4sc(C(C)(CC)CC)cc4s3)cc21. The second-order valence-corrected chi connectivity index (χ2v) is 24.8. The summed E-state index contributed by atoms with van der Waals surface area (Å²) in [4.78, 5) is 23.9. The molecule has 0 N–H and O–H groups in total. The molecule has 0 aromatic carbocycles. The van der Waals surface area contributed by atoms with E-state index in [2.05, 4.69) is 79.7 Å². The van der Waals surface area contributed by atoms with Crippen LogP contribution in [0.4, 0.5) is 0 Å². The lowest BCUT2D eigenvalue weighted by atomic mass is 9.65. The number of carbonyl (C=O) groups excluding carboxylic acids is 1. The maximum absolute atomic E-state index is 15.5. The summed E-state index contributed by atoms with van der Waals surface area (Å²) in [6, 6.07) is 9.88. The van der Waals surface area contributed by atoms with Gasteiger partial charge in [-0.25, -0.2) is 0 Å². The fourth-order valence-electron chi connectivity index (χ4n) is 10.0. The first kappa shape index (κ1) is 51.7. The van der Waals surface area contributed by atoms with Crippen LogP contribution in [-0.2, 0) is 16.2 Å². The fourth-order valence-corrected chi connectivity index (χ4v) is 15.5. The Hall–Kier alpha value is -1.27. The van der Waals surface area contributed by atoms with Crippen LogP contribution in [-0.4, -0.2) is 5.78 Å². The standard InChI is InChI=1S/C57H90OS4/c1-9-14-16-18-20-22-24-26-28-30-32-34-36-38-57(39-37-35-33-31-29-27-25-23-21-19-17-15-10-2)45-41-46(47-42-48-49(59-47)43-51(60-48)56(8,12-4)13-5)61-53(45)52-44(54(57)58)40-50(62-52)55(6,7)11-3/h40-43H,9-39H2,1-8H3. The Morgan fingerprint density at radius 1 is 0.435 bits per heavy atom. The van der Waals surface area contributed by atoms with Gasteiger partial charge in [0, 0.05) is 44.8 Å². The first-order valence-electron chi connectivity index (χ1n) is 26.4. The zero-order valence-electron chi connectivity index (χ0n) is 41.3. The molecule has 0 aliphatic heterocycles. The molecule has 0 unspecified atom stereocenters. The summed E-state index contributed by atoms with van der Waals surface area (Å²) < 4.78 is 2.87. The highest BCUT2D eigenvalue weighted by atomic mass is 32.1. The van der Waals surface area contributed by atoms with Gasteiger partial charge in [-0.3, -0.25) is 4.79 Å². The average Bonchev–Trinajstić information content (AvgIpc) is 4.09. The lowest BCUT2D eigenvalue weighted by Crippen LogP contribution is -2.38. The van der Waals surface area contributed by atoms with Gasteiger partial charge in [0.2, 0.25) is 0 Å². The van der Waals surface area contributed by atoms with Gasteiger partial charge in [0.15, 0.2) is 5.78 Å². The summed E-state index contributed by atoms with van der Waals surface area (Å²) in [7, 11) is 0. The van der Waals surface area contributed by atoms with Crippen molar-refractivity contribution in [2.75, 3.05) is 0 Å². The summed E-state index contributed by atoms with van der Waals surface area (Å²) in [5.74, 6) is 0.451. The van der Waals surface area contributed by atoms with Gasteiger partial charge in [-0.2, -0.15) is 0 Å². The topological polar surface area (TPSA) is 17.1 Å². The van der Waals surface area contributed by atoms with Crippen LogP contribution in [0.15, 0.2) is 24.3 Å². The van der Waals surface area contributed by atoms with Crippen LogP contribution in [0.1, 0.15) is 280 Å². The van der Waals surface area contributed by atoms with Crippen molar-refractivity contribution in [3.05, 3.63) is 45.1 Å². The van der Waals surface area contributed by atoms with E-state index in [1.807, 2.05) is 45.3 Å². The van der Waals surface area contributed by atoms with Gasteiger partial charge in [-0.05, 0) is 67.3 Å². The highest BCUT2D eigenvalue weighted by Crippen LogP contribution is 2.57. The fraction of sp³-hybridized carbons (Fsp3) is 0.737. The van der Waals surface area contributed by atoms with Gasteiger partial charge in [0.1, 0.15) is 0 Å². The summed E-state index contributed by atoms with van der Waals surface area (Å²) in [5, 5.41) is 0. The van der Waals surface area contributed by atoms with Crippen molar-refractivity contribution >= 4 is 60.5 Å². The number of Topliss-reactive ketones (excluding diaryl/α,β-unsaturated/α-hetero) is 1. The van der Waals surface area contributed by atoms with Crippen LogP contribution < -0.4 is 0 Å². The Labute approximate surface area is 398 Å². The first-order valence-corrected chi connectivity index (χ1v) is 29.7. The van der Waals surface area contributed by atoms with Crippen molar-refractivity contribution in [2.45, 2.75) is 271 Å². The highest BCUT2D eigenvalue weighted by molar-refractivity contribution is 7.32. The Morgan fingerprint density at radius 2 is 0.871 bits per heavy atom. The number of carbonyl (C=O) groups is 1. The zero-order chi connectivity index (χ0) is 44.4. The Morgan fingerprint density at radius 3 is 1.31 bits per heavy atom. The van der Waals surface area contributed by atoms with Gasteiger partial charge < -0.3 is 0 Å². The molecule has 1 aliphatic rings. The summed E-state index contributed by atoms with van der Waals surface area (Å²) in [5.41, 5.74) is 2.35. The van der Waals surface area contributed by atoms with Crippen LogP contribution in [0.5, 0.6) is 0 Å². The van der Waals surface area contributed by atoms with E-state index < -0.39 is 5.41 Å². The third kappa shape index (κ3) is 13.7. The van der Waals surface area contributed by atoms with Gasteiger partial charge in [-0.1, -0.05) is 222 Å². The van der Waals surface area contributed by atoms with Gasteiger partial charge in [-0.15, -0.1) is 45.3 Å². The molecular formula is C57H90OS4. The number of unbranched alkanes of at least 4 members (excludes halogenated alkanes) is 24. The molecule has 0 bridgehead atoms. The molecule has 5 heteroatoms. The maximum atomic E-state index is 15.5. The predicted molar refractivity (Wildman–Crippen MR) is 284 cm³/mol.